The van der Waals surface area contributed by atoms with Gasteiger partial charge in [0.2, 0.25) is 0 Å². The number of ketones is 2. The van der Waals surface area contributed by atoms with E-state index < -0.39 is 0 Å². The number of rotatable bonds is 1. The molecule has 1 heterocycles. The molecule has 1 aliphatic carbocycles. The fourth-order valence-corrected chi connectivity index (χ4v) is 2.77. The molecule has 0 radical (unpaired) electrons. The number of fused-ring (bicyclic) bond motifs is 4. The van der Waals surface area contributed by atoms with Crippen molar-refractivity contribution in [2.24, 2.45) is 0 Å². The summed E-state index contributed by atoms with van der Waals surface area (Å²) in [6.45, 7) is 0. The molecule has 21 heavy (non-hydrogen) atoms. The molecule has 4 rings (SSSR count). The molecule has 0 amide bonds. The fourth-order valence-electron chi connectivity index (χ4n) is 2.77. The highest BCUT2D eigenvalue weighted by Gasteiger charge is 2.32. The SMILES string of the molecule is O=Cc1[nH]nc2c3c(ccc12)C(=O)c1ccccc1C3=O. The molecule has 0 fully saturated rings. The lowest BCUT2D eigenvalue weighted by Gasteiger charge is -2.17. The molecule has 0 aliphatic heterocycles. The van der Waals surface area contributed by atoms with Gasteiger partial charge in [0.05, 0.1) is 5.56 Å². The van der Waals surface area contributed by atoms with Gasteiger partial charge in [0.25, 0.3) is 0 Å². The van der Waals surface area contributed by atoms with Crippen molar-refractivity contribution in [2.45, 2.75) is 0 Å². The Morgan fingerprint density at radius 2 is 1.62 bits per heavy atom. The smallest absolute Gasteiger partial charge is 0.196 e. The summed E-state index contributed by atoms with van der Waals surface area (Å²) in [6, 6.07) is 9.94. The van der Waals surface area contributed by atoms with Gasteiger partial charge in [0.15, 0.2) is 17.9 Å². The Balaban J connectivity index is 2.11. The standard InChI is InChI=1S/C16H8N2O3/c19-7-12-10-5-6-11-13(14(10)18-17-12)16(21)9-4-2-1-3-8(9)15(11)20/h1-7H,(H,17,18). The van der Waals surface area contributed by atoms with Gasteiger partial charge >= 0.3 is 0 Å². The van der Waals surface area contributed by atoms with Crippen LogP contribution in [-0.4, -0.2) is 28.1 Å². The Morgan fingerprint density at radius 3 is 2.33 bits per heavy atom. The van der Waals surface area contributed by atoms with Crippen molar-refractivity contribution in [3.05, 3.63) is 64.3 Å². The molecular formula is C16H8N2O3. The van der Waals surface area contributed by atoms with Crippen LogP contribution in [0.1, 0.15) is 42.3 Å². The van der Waals surface area contributed by atoms with Crippen molar-refractivity contribution in [3.8, 4) is 0 Å². The highest BCUT2D eigenvalue weighted by Crippen LogP contribution is 2.32. The first-order valence-electron chi connectivity index (χ1n) is 6.37. The topological polar surface area (TPSA) is 79.9 Å². The predicted molar refractivity (Wildman–Crippen MR) is 74.8 cm³/mol. The molecule has 1 aliphatic rings. The Bertz CT molecular complexity index is 953. The molecule has 1 N–H and O–H groups in total. The molecule has 0 unspecified atom stereocenters. The molecule has 2 aromatic carbocycles. The minimum atomic E-state index is -0.241. The Labute approximate surface area is 118 Å². The van der Waals surface area contributed by atoms with Crippen LogP contribution in [0.15, 0.2) is 36.4 Å². The normalized spacial score (nSPS) is 13.1. The third-order valence-corrected chi connectivity index (χ3v) is 3.76. The van der Waals surface area contributed by atoms with Gasteiger partial charge in [-0.3, -0.25) is 19.5 Å². The third-order valence-electron chi connectivity index (χ3n) is 3.76. The van der Waals surface area contributed by atoms with Gasteiger partial charge in [-0.2, -0.15) is 5.10 Å². The number of carbonyl (C=O) groups excluding carboxylic acids is 3. The average molecular weight is 276 g/mol. The average Bonchev–Trinajstić information content (AvgIpc) is 2.95. The number of hydrogen-bond donors (Lipinski definition) is 1. The van der Waals surface area contributed by atoms with Gasteiger partial charge in [-0.1, -0.05) is 24.3 Å². The van der Waals surface area contributed by atoms with E-state index in [9.17, 15) is 14.4 Å². The van der Waals surface area contributed by atoms with Gasteiger partial charge in [0.1, 0.15) is 11.2 Å². The number of carbonyl (C=O) groups is 3. The lowest BCUT2D eigenvalue weighted by molar-refractivity contribution is 0.0980. The second-order valence-electron chi connectivity index (χ2n) is 4.84. The zero-order valence-corrected chi connectivity index (χ0v) is 10.7. The molecule has 0 bridgehead atoms. The van der Waals surface area contributed by atoms with Crippen molar-refractivity contribution in [1.29, 1.82) is 0 Å². The first-order valence-corrected chi connectivity index (χ1v) is 6.37. The number of H-pyrrole nitrogens is 1. The number of nitrogens with one attached hydrogen (secondary N) is 1. The highest BCUT2D eigenvalue weighted by molar-refractivity contribution is 6.32. The molecule has 0 atom stereocenters. The van der Waals surface area contributed by atoms with Crippen LogP contribution in [0.4, 0.5) is 0 Å². The van der Waals surface area contributed by atoms with Crippen LogP contribution in [0.25, 0.3) is 10.9 Å². The molecule has 100 valence electrons. The molecular weight excluding hydrogens is 268 g/mol. The largest absolute Gasteiger partial charge is 0.296 e. The summed E-state index contributed by atoms with van der Waals surface area (Å²) in [6.07, 6.45) is 0.644. The summed E-state index contributed by atoms with van der Waals surface area (Å²) in [5, 5.41) is 7.17. The third kappa shape index (κ3) is 1.40. The maximum atomic E-state index is 12.7. The number of nitrogens with zero attached hydrogens (tertiary/aromatic N) is 1. The van der Waals surface area contributed by atoms with E-state index in [0.29, 0.717) is 39.6 Å². The lowest BCUT2D eigenvalue weighted by atomic mass is 9.83. The first kappa shape index (κ1) is 11.7. The van der Waals surface area contributed by atoms with Crippen LogP contribution in [0.5, 0.6) is 0 Å². The number of aromatic nitrogens is 2. The summed E-state index contributed by atoms with van der Waals surface area (Å²) < 4.78 is 0. The van der Waals surface area contributed by atoms with Crippen molar-refractivity contribution >= 4 is 28.8 Å². The monoisotopic (exact) mass is 276 g/mol. The van der Waals surface area contributed by atoms with Gasteiger partial charge in [-0.05, 0) is 12.1 Å². The van der Waals surface area contributed by atoms with Crippen molar-refractivity contribution < 1.29 is 14.4 Å². The van der Waals surface area contributed by atoms with Crippen molar-refractivity contribution in [1.82, 2.24) is 10.2 Å². The van der Waals surface area contributed by atoms with E-state index in [1.165, 1.54) is 0 Å². The first-order chi connectivity index (χ1) is 10.2. The maximum Gasteiger partial charge on any atom is 0.196 e. The summed E-state index contributed by atoms with van der Waals surface area (Å²) in [5.74, 6) is -0.437. The van der Waals surface area contributed by atoms with Crippen LogP contribution in [0.3, 0.4) is 0 Å². The second-order valence-corrected chi connectivity index (χ2v) is 4.84. The zero-order chi connectivity index (χ0) is 14.6. The van der Waals surface area contributed by atoms with E-state index >= 15 is 0 Å². The van der Waals surface area contributed by atoms with Crippen LogP contribution in [-0.2, 0) is 0 Å². The van der Waals surface area contributed by atoms with Gasteiger partial charge < -0.3 is 0 Å². The Morgan fingerprint density at radius 1 is 0.905 bits per heavy atom. The number of benzene rings is 2. The van der Waals surface area contributed by atoms with Crippen molar-refractivity contribution in [3.63, 3.8) is 0 Å². The highest BCUT2D eigenvalue weighted by atomic mass is 16.1. The molecule has 0 spiro atoms. The lowest BCUT2D eigenvalue weighted by Crippen LogP contribution is -2.21. The van der Waals surface area contributed by atoms with E-state index in [0.717, 1.165) is 0 Å². The molecule has 1 aromatic heterocycles. The summed E-state index contributed by atoms with van der Waals surface area (Å²) in [7, 11) is 0. The van der Waals surface area contributed by atoms with Crippen LogP contribution in [0, 0.1) is 0 Å². The summed E-state index contributed by atoms with van der Waals surface area (Å²) in [4.78, 5) is 36.2. The predicted octanol–water partition coefficient (Wildman–Crippen LogP) is 2.15. The molecule has 0 saturated heterocycles. The number of aromatic amines is 1. The van der Waals surface area contributed by atoms with Gasteiger partial charge in [0, 0.05) is 22.1 Å². The summed E-state index contributed by atoms with van der Waals surface area (Å²) >= 11 is 0. The van der Waals surface area contributed by atoms with Crippen molar-refractivity contribution in [2.75, 3.05) is 0 Å². The van der Waals surface area contributed by atoms with E-state index in [4.69, 9.17) is 0 Å². The van der Waals surface area contributed by atoms with Gasteiger partial charge in [-0.15, -0.1) is 0 Å². The maximum absolute atomic E-state index is 12.7. The van der Waals surface area contributed by atoms with Crippen LogP contribution in [0.2, 0.25) is 0 Å². The summed E-state index contributed by atoms with van der Waals surface area (Å²) in [5.41, 5.74) is 2.03. The van der Waals surface area contributed by atoms with Crippen LogP contribution >= 0.6 is 0 Å². The molecule has 3 aromatic rings. The van der Waals surface area contributed by atoms with E-state index in [-0.39, 0.29) is 17.1 Å². The van der Waals surface area contributed by atoms with E-state index in [1.807, 2.05) is 0 Å². The minimum absolute atomic E-state index is 0.197. The molecule has 5 nitrogen and oxygen atoms in total. The Kier molecular flexibility index (Phi) is 2.21. The number of hydrogen-bond acceptors (Lipinski definition) is 4. The quantitative estimate of drug-likeness (QED) is 0.540. The van der Waals surface area contributed by atoms with Gasteiger partial charge in [-0.25, -0.2) is 0 Å². The fraction of sp³-hybridized carbons (Fsp3) is 0. The Hall–Kier alpha value is -3.08. The molecule has 5 heteroatoms. The van der Waals surface area contributed by atoms with E-state index in [2.05, 4.69) is 10.2 Å². The zero-order valence-electron chi connectivity index (χ0n) is 10.7. The number of aldehydes is 1. The van der Waals surface area contributed by atoms with Crippen LogP contribution < -0.4 is 0 Å². The minimum Gasteiger partial charge on any atom is -0.296 e. The molecule has 0 saturated carbocycles. The second kappa shape index (κ2) is 3.96. The van der Waals surface area contributed by atoms with E-state index in [1.54, 1.807) is 36.4 Å².